The zero-order valence-corrected chi connectivity index (χ0v) is 36.0. The maximum atomic E-state index is 15.4. The van der Waals surface area contributed by atoms with Gasteiger partial charge in [0.25, 0.3) is 11.8 Å². The molecule has 4 heterocycles. The Hall–Kier alpha value is -1.44. The third-order valence-corrected chi connectivity index (χ3v) is 14.7. The summed E-state index contributed by atoms with van der Waals surface area (Å²) in [5.41, 5.74) is 0. The fourth-order valence-corrected chi connectivity index (χ4v) is 11.4. The van der Waals surface area contributed by atoms with Crippen molar-refractivity contribution in [1.82, 2.24) is 9.80 Å². The number of halogens is 2. The first-order valence-electron chi connectivity index (χ1n) is 19.2. The normalized spacial score (nSPS) is 17.9. The second kappa shape index (κ2) is 22.2. The Kier molecular flexibility index (Phi) is 18.5. The Balaban J connectivity index is 1.45. The number of thiocarbonyl (C=S) groups is 2. The number of nitrogens with zero attached hydrogens (tertiary/aromatic N) is 2. The van der Waals surface area contributed by atoms with Gasteiger partial charge in [0.1, 0.15) is 20.3 Å². The fraction of sp³-hybridized carbons (Fsp3) is 0.600. The largest absolute Gasteiger partial charge is 0.293 e. The summed E-state index contributed by atoms with van der Waals surface area (Å²) in [4.78, 5) is 32.7. The van der Waals surface area contributed by atoms with E-state index in [1.54, 1.807) is 22.0 Å². The Morgan fingerprint density at radius 1 is 0.596 bits per heavy atom. The molecule has 4 rings (SSSR count). The van der Waals surface area contributed by atoms with E-state index in [-0.39, 0.29) is 21.6 Å². The van der Waals surface area contributed by atoms with Gasteiger partial charge in [-0.15, -0.1) is 22.7 Å². The van der Waals surface area contributed by atoms with Gasteiger partial charge in [-0.1, -0.05) is 153 Å². The lowest BCUT2D eigenvalue weighted by Crippen LogP contribution is -2.33. The average molecular weight is 825 g/mol. The number of rotatable bonds is 23. The van der Waals surface area contributed by atoms with E-state index in [9.17, 15) is 9.59 Å². The predicted molar refractivity (Wildman–Crippen MR) is 231 cm³/mol. The van der Waals surface area contributed by atoms with Crippen molar-refractivity contribution in [2.75, 3.05) is 13.1 Å². The van der Waals surface area contributed by atoms with E-state index < -0.39 is 11.6 Å². The number of amides is 2. The first-order chi connectivity index (χ1) is 25.1. The first-order valence-corrected chi connectivity index (χ1v) is 23.3. The molecule has 4 nitrogen and oxygen atoms in total. The lowest BCUT2D eigenvalue weighted by atomic mass is 9.94. The third kappa shape index (κ3) is 12.3. The van der Waals surface area contributed by atoms with Crippen LogP contribution in [-0.2, 0) is 9.59 Å². The molecular formula is C40H54F2N2O2S6. The standard InChI is InChI=1S/C40H54F2N2O2S6/c1-5-9-13-15-19-27(17-11-7-3)25-43-37(45)33(51-39(43)47)23-29-21-31(41)35(49-29)36-32(42)22-30(50-36)24-34-38(46)44(40(48)52-34)26-28(18-12-8-4)20-16-14-10-6-2/h21-24,27-28H,5-20,25-26H2,1-4H3/b33-23-,34-24-. The smallest absolute Gasteiger partial charge is 0.266 e. The van der Waals surface area contributed by atoms with Crippen molar-refractivity contribution >= 4 is 103 Å². The Morgan fingerprint density at radius 3 is 1.33 bits per heavy atom. The average Bonchev–Trinajstić information content (AvgIpc) is 3.82. The molecule has 2 saturated heterocycles. The van der Waals surface area contributed by atoms with Crippen LogP contribution >= 0.6 is 70.6 Å². The third-order valence-electron chi connectivity index (χ3n) is 9.66. The van der Waals surface area contributed by atoms with Crippen molar-refractivity contribution in [3.63, 3.8) is 0 Å². The van der Waals surface area contributed by atoms with Crippen LogP contribution in [0.15, 0.2) is 21.9 Å². The molecule has 0 bridgehead atoms. The molecule has 2 unspecified atom stereocenters. The van der Waals surface area contributed by atoms with Crippen LogP contribution < -0.4 is 0 Å². The Labute approximate surface area is 337 Å². The molecule has 0 radical (unpaired) electrons. The van der Waals surface area contributed by atoms with Crippen molar-refractivity contribution in [1.29, 1.82) is 0 Å². The topological polar surface area (TPSA) is 40.6 Å². The van der Waals surface area contributed by atoms with Crippen LogP contribution in [0, 0.1) is 23.5 Å². The second-order valence-electron chi connectivity index (χ2n) is 14.0. The quantitative estimate of drug-likeness (QED) is 0.0632. The van der Waals surface area contributed by atoms with Crippen molar-refractivity contribution in [2.45, 2.75) is 130 Å². The van der Waals surface area contributed by atoms with Crippen LogP contribution in [0.3, 0.4) is 0 Å². The SMILES string of the molecule is CCCCCCC(CCCC)CN1C(=O)/C(=C/c2cc(F)c(-c3sc(/C=C4\SC(=S)N(CC(CCCC)CCCCCC)C4=O)cc3F)s2)SC1=S. The van der Waals surface area contributed by atoms with Gasteiger partial charge in [0.2, 0.25) is 0 Å². The van der Waals surface area contributed by atoms with Crippen LogP contribution in [0.25, 0.3) is 21.9 Å². The number of hydrogen-bond donors (Lipinski definition) is 0. The molecule has 2 aliphatic rings. The molecule has 2 amide bonds. The van der Waals surface area contributed by atoms with E-state index in [0.29, 0.717) is 53.1 Å². The van der Waals surface area contributed by atoms with Crippen LogP contribution in [0.1, 0.15) is 140 Å². The second-order valence-corrected chi connectivity index (χ2v) is 19.5. The van der Waals surface area contributed by atoms with Gasteiger partial charge >= 0.3 is 0 Å². The predicted octanol–water partition coefficient (Wildman–Crippen LogP) is 13.7. The summed E-state index contributed by atoms with van der Waals surface area (Å²) in [6.07, 6.45) is 21.7. The van der Waals surface area contributed by atoms with E-state index >= 15 is 8.78 Å². The molecule has 2 aromatic rings. The zero-order chi connectivity index (χ0) is 37.6. The van der Waals surface area contributed by atoms with Crippen molar-refractivity contribution in [3.05, 3.63) is 43.3 Å². The Morgan fingerprint density at radius 2 is 0.962 bits per heavy atom. The van der Waals surface area contributed by atoms with Gasteiger partial charge in [-0.3, -0.25) is 19.4 Å². The Bertz CT molecular complexity index is 1480. The van der Waals surface area contributed by atoms with Crippen LogP contribution in [-0.4, -0.2) is 43.3 Å². The highest BCUT2D eigenvalue weighted by molar-refractivity contribution is 8.27. The van der Waals surface area contributed by atoms with Crippen molar-refractivity contribution in [3.8, 4) is 9.75 Å². The number of unbranched alkanes of at least 4 members (excludes halogenated alkanes) is 8. The lowest BCUT2D eigenvalue weighted by Gasteiger charge is -2.23. The molecule has 0 N–H and O–H groups in total. The van der Waals surface area contributed by atoms with Crippen LogP contribution in [0.4, 0.5) is 8.78 Å². The van der Waals surface area contributed by atoms with E-state index in [4.69, 9.17) is 24.4 Å². The summed E-state index contributed by atoms with van der Waals surface area (Å²) in [6.45, 7) is 10.0. The van der Waals surface area contributed by atoms with E-state index in [1.807, 2.05) is 0 Å². The molecule has 12 heteroatoms. The molecule has 52 heavy (non-hydrogen) atoms. The number of hydrogen-bond acceptors (Lipinski definition) is 8. The van der Waals surface area contributed by atoms with Crippen molar-refractivity contribution < 1.29 is 18.4 Å². The molecule has 2 aliphatic heterocycles. The van der Waals surface area contributed by atoms with Crippen LogP contribution in [0.2, 0.25) is 0 Å². The minimum atomic E-state index is -0.547. The number of thioether (sulfide) groups is 2. The monoisotopic (exact) mass is 824 g/mol. The summed E-state index contributed by atoms with van der Waals surface area (Å²) >= 11 is 16.0. The van der Waals surface area contributed by atoms with E-state index in [0.717, 1.165) is 86.9 Å². The first kappa shape index (κ1) is 43.3. The maximum Gasteiger partial charge on any atom is 0.266 e. The molecule has 2 aromatic heterocycles. The summed E-state index contributed by atoms with van der Waals surface area (Å²) in [6, 6.07) is 2.71. The molecule has 0 saturated carbocycles. The number of carbonyl (C=O) groups excluding carboxylic acids is 2. The molecule has 286 valence electrons. The number of thiophene rings is 2. The van der Waals surface area contributed by atoms with Gasteiger partial charge < -0.3 is 0 Å². The molecule has 0 spiro atoms. The lowest BCUT2D eigenvalue weighted by molar-refractivity contribution is -0.123. The summed E-state index contributed by atoms with van der Waals surface area (Å²) in [5, 5.41) is 0. The highest BCUT2D eigenvalue weighted by atomic mass is 32.2. The fourth-order valence-electron chi connectivity index (χ4n) is 6.67. The van der Waals surface area contributed by atoms with E-state index in [1.165, 1.54) is 74.2 Å². The zero-order valence-electron chi connectivity index (χ0n) is 31.1. The molecule has 0 aliphatic carbocycles. The molecule has 0 aromatic carbocycles. The van der Waals surface area contributed by atoms with Gasteiger partial charge in [0, 0.05) is 22.8 Å². The van der Waals surface area contributed by atoms with Gasteiger partial charge in [-0.2, -0.15) is 0 Å². The maximum absolute atomic E-state index is 15.4. The van der Waals surface area contributed by atoms with Gasteiger partial charge in [-0.25, -0.2) is 8.78 Å². The number of carbonyl (C=O) groups is 2. The van der Waals surface area contributed by atoms with Gasteiger partial charge in [0.15, 0.2) is 0 Å². The van der Waals surface area contributed by atoms with Crippen LogP contribution in [0.5, 0.6) is 0 Å². The minimum absolute atomic E-state index is 0.143. The van der Waals surface area contributed by atoms with Crippen molar-refractivity contribution in [2.24, 2.45) is 11.8 Å². The van der Waals surface area contributed by atoms with E-state index in [2.05, 4.69) is 27.7 Å². The molecule has 2 atom stereocenters. The highest BCUT2D eigenvalue weighted by Crippen LogP contribution is 2.43. The summed E-state index contributed by atoms with van der Waals surface area (Å²) in [5.74, 6) is -0.584. The minimum Gasteiger partial charge on any atom is -0.293 e. The molecule has 2 fully saturated rings. The summed E-state index contributed by atoms with van der Waals surface area (Å²) < 4.78 is 31.8. The highest BCUT2D eigenvalue weighted by Gasteiger charge is 2.35. The molecular weight excluding hydrogens is 771 g/mol. The van der Waals surface area contributed by atoms with Gasteiger partial charge in [-0.05, 0) is 61.8 Å². The van der Waals surface area contributed by atoms with Gasteiger partial charge in [0.05, 0.1) is 19.6 Å². The summed E-state index contributed by atoms with van der Waals surface area (Å²) in [7, 11) is 0.